The fourth-order valence-corrected chi connectivity index (χ4v) is 3.77. The molecule has 1 saturated carbocycles. The standard InChI is InChI=1S/C20H33N3O3.HI/c1-24-13-14-25-16-17-9-11-23(15-17)20(22-18-5-2-3-6-18)21-10-8-19-7-4-12-26-19;/h4,7,12,17-18H,2-3,5-6,8-11,13-16H2,1H3,(H,21,22);1H. The molecule has 0 spiro atoms. The van der Waals surface area contributed by atoms with E-state index in [1.807, 2.05) is 12.1 Å². The zero-order valence-corrected chi connectivity index (χ0v) is 18.7. The molecule has 1 aliphatic carbocycles. The Balaban J connectivity index is 0.00000261. The lowest BCUT2D eigenvalue weighted by Gasteiger charge is -2.25. The molecule has 0 aromatic carbocycles. The van der Waals surface area contributed by atoms with Gasteiger partial charge in [0.05, 0.1) is 26.1 Å². The van der Waals surface area contributed by atoms with Gasteiger partial charge < -0.3 is 24.1 Å². The number of hydrogen-bond acceptors (Lipinski definition) is 4. The number of aliphatic imine (C=N–C) groups is 1. The van der Waals surface area contributed by atoms with Crippen molar-refractivity contribution in [3.8, 4) is 0 Å². The average molecular weight is 491 g/mol. The van der Waals surface area contributed by atoms with Gasteiger partial charge in [0, 0.05) is 45.1 Å². The Morgan fingerprint density at radius 2 is 2.15 bits per heavy atom. The molecule has 0 bridgehead atoms. The van der Waals surface area contributed by atoms with Crippen LogP contribution < -0.4 is 5.32 Å². The van der Waals surface area contributed by atoms with Crippen LogP contribution in [-0.2, 0) is 15.9 Å². The topological polar surface area (TPSA) is 59.2 Å². The van der Waals surface area contributed by atoms with Gasteiger partial charge in [-0.05, 0) is 31.4 Å². The Kier molecular flexibility index (Phi) is 10.5. The van der Waals surface area contributed by atoms with E-state index in [2.05, 4.69) is 10.2 Å². The molecule has 0 amide bonds. The maximum atomic E-state index is 5.73. The van der Waals surface area contributed by atoms with E-state index in [-0.39, 0.29) is 24.0 Å². The summed E-state index contributed by atoms with van der Waals surface area (Å²) in [7, 11) is 1.71. The minimum Gasteiger partial charge on any atom is -0.469 e. The van der Waals surface area contributed by atoms with Crippen LogP contribution in [0.4, 0.5) is 0 Å². The van der Waals surface area contributed by atoms with Crippen molar-refractivity contribution < 1.29 is 13.9 Å². The first-order chi connectivity index (χ1) is 12.8. The molecule has 7 heteroatoms. The number of nitrogens with one attached hydrogen (secondary N) is 1. The molecule has 27 heavy (non-hydrogen) atoms. The molecule has 1 aromatic heterocycles. The number of likely N-dealkylation sites (tertiary alicyclic amines) is 1. The van der Waals surface area contributed by atoms with E-state index in [0.717, 1.165) is 50.8 Å². The van der Waals surface area contributed by atoms with Crippen molar-refractivity contribution in [2.75, 3.05) is 46.6 Å². The average Bonchev–Trinajstić information content (AvgIpc) is 3.40. The highest BCUT2D eigenvalue weighted by Crippen LogP contribution is 2.20. The highest BCUT2D eigenvalue weighted by molar-refractivity contribution is 14.0. The minimum absolute atomic E-state index is 0. The van der Waals surface area contributed by atoms with Crippen LogP contribution in [0.3, 0.4) is 0 Å². The van der Waals surface area contributed by atoms with Crippen molar-refractivity contribution in [3.63, 3.8) is 0 Å². The quantitative estimate of drug-likeness (QED) is 0.249. The second kappa shape index (κ2) is 12.6. The number of rotatable bonds is 9. The highest BCUT2D eigenvalue weighted by Gasteiger charge is 2.27. The van der Waals surface area contributed by atoms with Crippen LogP contribution in [-0.4, -0.2) is 63.5 Å². The van der Waals surface area contributed by atoms with E-state index in [9.17, 15) is 0 Å². The van der Waals surface area contributed by atoms with Gasteiger partial charge in [0.25, 0.3) is 0 Å². The van der Waals surface area contributed by atoms with Crippen molar-refractivity contribution in [2.24, 2.45) is 10.9 Å². The SMILES string of the molecule is COCCOCC1CCN(C(=NCCc2ccco2)NC2CCCC2)C1.I. The van der Waals surface area contributed by atoms with E-state index in [1.165, 1.54) is 25.7 Å². The third-order valence-electron chi connectivity index (χ3n) is 5.26. The molecule has 2 fully saturated rings. The second-order valence-corrected chi connectivity index (χ2v) is 7.33. The zero-order chi connectivity index (χ0) is 18.0. The number of ether oxygens (including phenoxy) is 2. The summed E-state index contributed by atoms with van der Waals surface area (Å²) in [4.78, 5) is 7.31. The first-order valence-corrected chi connectivity index (χ1v) is 10.00. The summed E-state index contributed by atoms with van der Waals surface area (Å²) in [5.41, 5.74) is 0. The summed E-state index contributed by atoms with van der Waals surface area (Å²) in [5.74, 6) is 2.65. The Labute approximate surface area is 180 Å². The maximum Gasteiger partial charge on any atom is 0.194 e. The van der Waals surface area contributed by atoms with E-state index in [4.69, 9.17) is 18.9 Å². The van der Waals surface area contributed by atoms with Gasteiger partial charge in [-0.3, -0.25) is 4.99 Å². The summed E-state index contributed by atoms with van der Waals surface area (Å²) in [5, 5.41) is 3.72. The lowest BCUT2D eigenvalue weighted by atomic mass is 10.1. The molecule has 0 radical (unpaired) electrons. The van der Waals surface area contributed by atoms with Crippen molar-refractivity contribution >= 4 is 29.9 Å². The van der Waals surface area contributed by atoms with Gasteiger partial charge in [-0.15, -0.1) is 24.0 Å². The van der Waals surface area contributed by atoms with E-state index >= 15 is 0 Å². The number of methoxy groups -OCH3 is 1. The molecule has 1 unspecified atom stereocenters. The van der Waals surface area contributed by atoms with Crippen LogP contribution in [0.1, 0.15) is 37.9 Å². The number of halogens is 1. The van der Waals surface area contributed by atoms with Gasteiger partial charge >= 0.3 is 0 Å². The smallest absolute Gasteiger partial charge is 0.194 e. The predicted molar refractivity (Wildman–Crippen MR) is 118 cm³/mol. The molecular weight excluding hydrogens is 457 g/mol. The minimum atomic E-state index is 0. The van der Waals surface area contributed by atoms with Crippen LogP contribution in [0, 0.1) is 5.92 Å². The Morgan fingerprint density at radius 3 is 2.89 bits per heavy atom. The Hall–Kier alpha value is -0.800. The molecule has 1 atom stereocenters. The molecule has 3 rings (SSSR count). The molecule has 2 heterocycles. The Bertz CT molecular complexity index is 533. The van der Waals surface area contributed by atoms with E-state index < -0.39 is 0 Å². The van der Waals surface area contributed by atoms with Gasteiger partial charge in [-0.1, -0.05) is 12.8 Å². The van der Waals surface area contributed by atoms with Crippen molar-refractivity contribution in [1.82, 2.24) is 10.2 Å². The fraction of sp³-hybridized carbons (Fsp3) is 0.750. The van der Waals surface area contributed by atoms with Crippen LogP contribution in [0.25, 0.3) is 0 Å². The van der Waals surface area contributed by atoms with Crippen LogP contribution >= 0.6 is 24.0 Å². The summed E-state index contributed by atoms with van der Waals surface area (Å²) in [6.07, 6.45) is 8.91. The molecule has 1 aromatic rings. The van der Waals surface area contributed by atoms with Crippen molar-refractivity contribution in [1.29, 1.82) is 0 Å². The second-order valence-electron chi connectivity index (χ2n) is 7.33. The lowest BCUT2D eigenvalue weighted by Crippen LogP contribution is -2.44. The molecular formula is C20H34IN3O3. The third-order valence-corrected chi connectivity index (χ3v) is 5.26. The van der Waals surface area contributed by atoms with Gasteiger partial charge in [-0.25, -0.2) is 0 Å². The molecule has 1 saturated heterocycles. The van der Waals surface area contributed by atoms with Gasteiger partial charge in [-0.2, -0.15) is 0 Å². The normalized spacial score (nSPS) is 20.9. The fourth-order valence-electron chi connectivity index (χ4n) is 3.77. The van der Waals surface area contributed by atoms with Gasteiger partial charge in [0.15, 0.2) is 5.96 Å². The van der Waals surface area contributed by atoms with E-state index in [1.54, 1.807) is 13.4 Å². The highest BCUT2D eigenvalue weighted by atomic mass is 127. The summed E-state index contributed by atoms with van der Waals surface area (Å²) in [6.45, 7) is 4.98. The number of hydrogen-bond donors (Lipinski definition) is 1. The largest absolute Gasteiger partial charge is 0.469 e. The number of guanidine groups is 1. The summed E-state index contributed by atoms with van der Waals surface area (Å²) < 4.78 is 16.2. The number of nitrogens with zero attached hydrogens (tertiary/aromatic N) is 2. The van der Waals surface area contributed by atoms with Crippen molar-refractivity contribution in [3.05, 3.63) is 24.2 Å². The molecule has 6 nitrogen and oxygen atoms in total. The van der Waals surface area contributed by atoms with Crippen LogP contribution in [0.5, 0.6) is 0 Å². The zero-order valence-electron chi connectivity index (χ0n) is 16.4. The van der Waals surface area contributed by atoms with E-state index in [0.29, 0.717) is 25.2 Å². The first kappa shape index (κ1) is 22.5. The molecule has 2 aliphatic rings. The monoisotopic (exact) mass is 491 g/mol. The molecule has 154 valence electrons. The van der Waals surface area contributed by atoms with Gasteiger partial charge in [0.1, 0.15) is 5.76 Å². The molecule has 1 aliphatic heterocycles. The Morgan fingerprint density at radius 1 is 1.30 bits per heavy atom. The number of furan rings is 1. The first-order valence-electron chi connectivity index (χ1n) is 10.00. The lowest BCUT2D eigenvalue weighted by molar-refractivity contribution is 0.0536. The summed E-state index contributed by atoms with van der Waals surface area (Å²) >= 11 is 0. The predicted octanol–water partition coefficient (Wildman–Crippen LogP) is 3.31. The molecule has 1 N–H and O–H groups in total. The summed E-state index contributed by atoms with van der Waals surface area (Å²) in [6, 6.07) is 4.53. The van der Waals surface area contributed by atoms with Gasteiger partial charge in [0.2, 0.25) is 0 Å². The maximum absolute atomic E-state index is 5.73. The third kappa shape index (κ3) is 7.62. The van der Waals surface area contributed by atoms with Crippen LogP contribution in [0.2, 0.25) is 0 Å². The van der Waals surface area contributed by atoms with Crippen molar-refractivity contribution in [2.45, 2.75) is 44.6 Å². The van der Waals surface area contributed by atoms with Crippen LogP contribution in [0.15, 0.2) is 27.8 Å².